The zero-order chi connectivity index (χ0) is 11.8. The van der Waals surface area contributed by atoms with E-state index in [2.05, 4.69) is 19.2 Å². The van der Waals surface area contributed by atoms with Crippen LogP contribution in [0.25, 0.3) is 0 Å². The second-order valence-electron chi connectivity index (χ2n) is 5.90. The van der Waals surface area contributed by atoms with Crippen molar-refractivity contribution in [1.82, 2.24) is 5.32 Å². The molecule has 0 aromatic heterocycles. The molecule has 2 unspecified atom stereocenters. The molecule has 3 nitrogen and oxygen atoms in total. The van der Waals surface area contributed by atoms with Crippen LogP contribution in [0.5, 0.6) is 0 Å². The second-order valence-corrected chi connectivity index (χ2v) is 6.93. The molecule has 0 spiro atoms. The van der Waals surface area contributed by atoms with Gasteiger partial charge in [0.1, 0.15) is 6.04 Å². The first-order valence-corrected chi connectivity index (χ1v) is 7.20. The number of hydrogen-bond acceptors (Lipinski definition) is 3. The molecule has 1 aliphatic heterocycles. The average Bonchev–Trinajstić information content (AvgIpc) is 2.95. The minimum Gasteiger partial charge on any atom is -0.480 e. The largest absolute Gasteiger partial charge is 0.480 e. The molecule has 1 saturated heterocycles. The van der Waals surface area contributed by atoms with Crippen LogP contribution in [0.3, 0.4) is 0 Å². The Hall–Kier alpha value is -0.220. The van der Waals surface area contributed by atoms with Crippen molar-refractivity contribution in [2.75, 3.05) is 11.5 Å². The van der Waals surface area contributed by atoms with Crippen molar-refractivity contribution in [2.45, 2.75) is 45.2 Å². The molecule has 1 aliphatic carbocycles. The van der Waals surface area contributed by atoms with Crippen LogP contribution in [0.15, 0.2) is 0 Å². The summed E-state index contributed by atoms with van der Waals surface area (Å²) in [7, 11) is 0. The molecule has 2 rings (SSSR count). The van der Waals surface area contributed by atoms with Crippen molar-refractivity contribution in [3.05, 3.63) is 0 Å². The summed E-state index contributed by atoms with van der Waals surface area (Å²) in [4.78, 5) is 11.1. The van der Waals surface area contributed by atoms with E-state index in [0.29, 0.717) is 17.4 Å². The van der Waals surface area contributed by atoms with E-state index in [1.165, 1.54) is 5.75 Å². The van der Waals surface area contributed by atoms with Gasteiger partial charge in [-0.3, -0.25) is 4.79 Å². The second kappa shape index (κ2) is 4.57. The zero-order valence-corrected chi connectivity index (χ0v) is 10.8. The molecule has 0 aromatic rings. The number of aliphatic carboxylic acids is 1. The van der Waals surface area contributed by atoms with Gasteiger partial charge in [-0.15, -0.1) is 0 Å². The van der Waals surface area contributed by atoms with Gasteiger partial charge >= 0.3 is 5.97 Å². The quantitative estimate of drug-likeness (QED) is 0.792. The predicted octanol–water partition coefficient (Wildman–Crippen LogP) is 1.97. The van der Waals surface area contributed by atoms with Crippen molar-refractivity contribution in [3.63, 3.8) is 0 Å². The fourth-order valence-corrected chi connectivity index (χ4v) is 3.75. The van der Waals surface area contributed by atoms with Gasteiger partial charge in [0.2, 0.25) is 0 Å². The molecule has 0 aromatic carbocycles. The molecule has 16 heavy (non-hydrogen) atoms. The Kier molecular flexibility index (Phi) is 3.50. The Balaban J connectivity index is 1.89. The maximum absolute atomic E-state index is 11.1. The molecule has 0 amide bonds. The van der Waals surface area contributed by atoms with Gasteiger partial charge in [0.05, 0.1) is 0 Å². The first-order chi connectivity index (χ1) is 7.48. The van der Waals surface area contributed by atoms with Gasteiger partial charge in [-0.05, 0) is 36.3 Å². The summed E-state index contributed by atoms with van der Waals surface area (Å²) >= 11 is 1.94. The lowest BCUT2D eigenvalue weighted by molar-refractivity contribution is -0.140. The van der Waals surface area contributed by atoms with Gasteiger partial charge < -0.3 is 10.4 Å². The molecule has 92 valence electrons. The van der Waals surface area contributed by atoms with E-state index in [1.807, 2.05) is 11.8 Å². The number of carbonyl (C=O) groups is 1. The third-order valence-electron chi connectivity index (χ3n) is 3.39. The van der Waals surface area contributed by atoms with E-state index in [4.69, 9.17) is 0 Å². The standard InChI is InChI=1S/C12H21NO2S/c1-12(2)5-9(6-16-7-12)13-10(11(14)15)8-3-4-8/h8-10,13H,3-7H2,1-2H3,(H,14,15). The third kappa shape index (κ3) is 3.14. The zero-order valence-electron chi connectivity index (χ0n) is 10.0. The van der Waals surface area contributed by atoms with E-state index in [0.717, 1.165) is 25.0 Å². The van der Waals surface area contributed by atoms with Crippen LogP contribution < -0.4 is 5.32 Å². The molecule has 2 N–H and O–H groups in total. The first-order valence-electron chi connectivity index (χ1n) is 6.04. The molecule has 2 fully saturated rings. The van der Waals surface area contributed by atoms with Crippen molar-refractivity contribution in [1.29, 1.82) is 0 Å². The summed E-state index contributed by atoms with van der Waals surface area (Å²) in [6, 6.07) is 0.0648. The molecule has 2 atom stereocenters. The molecule has 1 heterocycles. The van der Waals surface area contributed by atoms with E-state index < -0.39 is 5.97 Å². The lowest BCUT2D eigenvalue weighted by Crippen LogP contribution is -2.49. The number of nitrogens with one attached hydrogen (secondary N) is 1. The minimum atomic E-state index is -0.670. The first kappa shape index (κ1) is 12.2. The smallest absolute Gasteiger partial charge is 0.320 e. The fraction of sp³-hybridized carbons (Fsp3) is 0.917. The minimum absolute atomic E-state index is 0.306. The lowest BCUT2D eigenvalue weighted by Gasteiger charge is -2.36. The summed E-state index contributed by atoms with van der Waals surface area (Å²) in [6.45, 7) is 4.53. The fourth-order valence-electron chi connectivity index (χ4n) is 2.46. The highest BCUT2D eigenvalue weighted by Crippen LogP contribution is 2.36. The van der Waals surface area contributed by atoms with Gasteiger partial charge in [-0.2, -0.15) is 11.8 Å². The van der Waals surface area contributed by atoms with E-state index >= 15 is 0 Å². The maximum atomic E-state index is 11.1. The number of rotatable bonds is 4. The molecule has 0 radical (unpaired) electrons. The molecule has 0 bridgehead atoms. The topological polar surface area (TPSA) is 49.3 Å². The SMILES string of the molecule is CC1(C)CSCC(NC(C(=O)O)C2CC2)C1. The van der Waals surface area contributed by atoms with Crippen LogP contribution in [0.4, 0.5) is 0 Å². The highest BCUT2D eigenvalue weighted by molar-refractivity contribution is 7.99. The van der Waals surface area contributed by atoms with Gasteiger partial charge in [-0.1, -0.05) is 13.8 Å². The van der Waals surface area contributed by atoms with E-state index in [9.17, 15) is 9.90 Å². The summed E-state index contributed by atoms with van der Waals surface area (Å²) in [5.74, 6) is 1.95. The van der Waals surface area contributed by atoms with Crippen LogP contribution in [-0.2, 0) is 4.79 Å². The van der Waals surface area contributed by atoms with Crippen LogP contribution in [0, 0.1) is 11.3 Å². The predicted molar refractivity (Wildman–Crippen MR) is 66.8 cm³/mol. The average molecular weight is 243 g/mol. The van der Waals surface area contributed by atoms with Crippen molar-refractivity contribution in [2.24, 2.45) is 11.3 Å². The number of thioether (sulfide) groups is 1. The van der Waals surface area contributed by atoms with E-state index in [1.54, 1.807) is 0 Å². The Bertz CT molecular complexity index is 276. The summed E-state index contributed by atoms with van der Waals surface area (Å²) in [5.41, 5.74) is 0.340. The third-order valence-corrected chi connectivity index (χ3v) is 5.01. The van der Waals surface area contributed by atoms with Gasteiger partial charge in [0.25, 0.3) is 0 Å². The number of hydrogen-bond donors (Lipinski definition) is 2. The molecule has 4 heteroatoms. The monoisotopic (exact) mass is 243 g/mol. The Morgan fingerprint density at radius 1 is 1.50 bits per heavy atom. The van der Waals surface area contributed by atoms with Gasteiger partial charge in [0, 0.05) is 11.8 Å². The molecule has 2 aliphatic rings. The number of carboxylic acid groups (broad SMARTS) is 1. The Morgan fingerprint density at radius 2 is 2.19 bits per heavy atom. The van der Waals surface area contributed by atoms with Crippen molar-refractivity contribution >= 4 is 17.7 Å². The molecular formula is C12H21NO2S. The normalized spacial score (nSPS) is 31.0. The van der Waals surface area contributed by atoms with E-state index in [-0.39, 0.29) is 6.04 Å². The molecule has 1 saturated carbocycles. The number of carboxylic acids is 1. The van der Waals surface area contributed by atoms with Crippen LogP contribution in [-0.4, -0.2) is 34.7 Å². The Morgan fingerprint density at radius 3 is 2.69 bits per heavy atom. The summed E-state index contributed by atoms with van der Waals surface area (Å²) < 4.78 is 0. The van der Waals surface area contributed by atoms with Gasteiger partial charge in [0.15, 0.2) is 0 Å². The summed E-state index contributed by atoms with van der Waals surface area (Å²) in [5, 5.41) is 12.5. The van der Waals surface area contributed by atoms with Crippen LogP contribution in [0.2, 0.25) is 0 Å². The summed E-state index contributed by atoms with van der Waals surface area (Å²) in [6.07, 6.45) is 3.25. The van der Waals surface area contributed by atoms with Crippen LogP contribution in [0.1, 0.15) is 33.1 Å². The van der Waals surface area contributed by atoms with Crippen molar-refractivity contribution in [3.8, 4) is 0 Å². The van der Waals surface area contributed by atoms with Crippen molar-refractivity contribution < 1.29 is 9.90 Å². The maximum Gasteiger partial charge on any atom is 0.320 e. The Labute approximate surface area is 101 Å². The highest BCUT2D eigenvalue weighted by Gasteiger charge is 2.39. The van der Waals surface area contributed by atoms with Crippen LogP contribution >= 0.6 is 11.8 Å². The highest BCUT2D eigenvalue weighted by atomic mass is 32.2. The lowest BCUT2D eigenvalue weighted by atomic mass is 9.87. The van der Waals surface area contributed by atoms with Gasteiger partial charge in [-0.25, -0.2) is 0 Å². The molecular weight excluding hydrogens is 222 g/mol.